The minimum absolute atomic E-state index is 0.0425. The van der Waals surface area contributed by atoms with Crippen molar-refractivity contribution in [1.29, 1.82) is 0 Å². The molecule has 0 fully saturated rings. The highest BCUT2D eigenvalue weighted by Gasteiger charge is 2.18. The standard InChI is InChI=1S/C12H11NO3/c14-10-9(11(15)12(10)16)13-7-6-8-4-2-1-3-5-8/h1-5,13-14H,6-7H2. The molecule has 0 heterocycles. The molecule has 0 saturated carbocycles. The van der Waals surface area contributed by atoms with Crippen molar-refractivity contribution in [2.75, 3.05) is 11.9 Å². The summed E-state index contributed by atoms with van der Waals surface area (Å²) in [4.78, 5) is 21.7. The van der Waals surface area contributed by atoms with E-state index in [-0.39, 0.29) is 5.69 Å². The fourth-order valence-corrected chi connectivity index (χ4v) is 1.52. The van der Waals surface area contributed by atoms with Crippen LogP contribution in [0.1, 0.15) is 5.56 Å². The Balaban J connectivity index is 1.91. The van der Waals surface area contributed by atoms with Crippen LogP contribution in [0.15, 0.2) is 39.9 Å². The normalized spacial score (nSPS) is 10.5. The van der Waals surface area contributed by atoms with E-state index < -0.39 is 16.6 Å². The monoisotopic (exact) mass is 217 g/mol. The van der Waals surface area contributed by atoms with Crippen LogP contribution in [0, 0.1) is 0 Å². The summed E-state index contributed by atoms with van der Waals surface area (Å²) in [5.74, 6) is -0.446. The lowest BCUT2D eigenvalue weighted by Gasteiger charge is -2.08. The average Bonchev–Trinajstić information content (AvgIpc) is 2.34. The highest BCUT2D eigenvalue weighted by atomic mass is 16.3. The van der Waals surface area contributed by atoms with E-state index in [4.69, 9.17) is 5.11 Å². The molecule has 0 aromatic heterocycles. The van der Waals surface area contributed by atoms with Gasteiger partial charge in [0.15, 0.2) is 5.75 Å². The average molecular weight is 217 g/mol. The van der Waals surface area contributed by atoms with E-state index in [1.54, 1.807) is 0 Å². The summed E-state index contributed by atoms with van der Waals surface area (Å²) in [6.45, 7) is 0.516. The summed E-state index contributed by atoms with van der Waals surface area (Å²) in [5, 5.41) is 11.8. The Hall–Kier alpha value is -2.10. The van der Waals surface area contributed by atoms with Crippen molar-refractivity contribution >= 4 is 5.69 Å². The minimum atomic E-state index is -0.804. The molecule has 0 aliphatic heterocycles. The van der Waals surface area contributed by atoms with Crippen LogP contribution in [0.3, 0.4) is 0 Å². The van der Waals surface area contributed by atoms with Crippen LogP contribution in [0.2, 0.25) is 0 Å². The van der Waals surface area contributed by atoms with Gasteiger partial charge >= 0.3 is 0 Å². The Morgan fingerprint density at radius 2 is 1.75 bits per heavy atom. The summed E-state index contributed by atoms with van der Waals surface area (Å²) in [6.07, 6.45) is 0.735. The van der Waals surface area contributed by atoms with Crippen molar-refractivity contribution in [2.45, 2.75) is 6.42 Å². The van der Waals surface area contributed by atoms with Gasteiger partial charge in [0.05, 0.1) is 0 Å². The summed E-state index contributed by atoms with van der Waals surface area (Å²) >= 11 is 0. The highest BCUT2D eigenvalue weighted by Crippen LogP contribution is 2.14. The van der Waals surface area contributed by atoms with Gasteiger partial charge in [-0.25, -0.2) is 0 Å². The molecule has 2 rings (SSSR count). The number of benzene rings is 1. The van der Waals surface area contributed by atoms with Crippen molar-refractivity contribution in [3.05, 3.63) is 56.3 Å². The lowest BCUT2D eigenvalue weighted by atomic mass is 10.1. The van der Waals surface area contributed by atoms with Crippen molar-refractivity contribution < 1.29 is 5.11 Å². The quantitative estimate of drug-likeness (QED) is 0.738. The second-order valence-corrected chi connectivity index (χ2v) is 3.54. The molecule has 2 N–H and O–H groups in total. The first-order chi connectivity index (χ1) is 7.70. The van der Waals surface area contributed by atoms with Gasteiger partial charge < -0.3 is 10.4 Å². The molecular weight excluding hydrogens is 206 g/mol. The van der Waals surface area contributed by atoms with E-state index in [1.165, 1.54) is 0 Å². The van der Waals surface area contributed by atoms with Crippen LogP contribution in [0.25, 0.3) is 0 Å². The van der Waals surface area contributed by atoms with Crippen LogP contribution in [0.4, 0.5) is 5.69 Å². The van der Waals surface area contributed by atoms with Gasteiger partial charge in [-0.3, -0.25) is 9.59 Å². The molecule has 0 radical (unpaired) electrons. The third kappa shape index (κ3) is 1.82. The summed E-state index contributed by atoms with van der Waals surface area (Å²) in [5.41, 5.74) is -0.262. The molecule has 0 atom stereocenters. The van der Waals surface area contributed by atoms with Crippen molar-refractivity contribution in [3.63, 3.8) is 0 Å². The lowest BCUT2D eigenvalue weighted by Crippen LogP contribution is -2.33. The molecule has 4 nitrogen and oxygen atoms in total. The molecule has 16 heavy (non-hydrogen) atoms. The maximum Gasteiger partial charge on any atom is 0.271 e. The first-order valence-corrected chi connectivity index (χ1v) is 5.00. The number of hydrogen-bond donors (Lipinski definition) is 2. The van der Waals surface area contributed by atoms with Crippen molar-refractivity contribution in [3.8, 4) is 5.75 Å². The number of nitrogens with one attached hydrogen (secondary N) is 1. The largest absolute Gasteiger partial charge is 0.502 e. The van der Waals surface area contributed by atoms with Gasteiger partial charge in [-0.2, -0.15) is 0 Å². The van der Waals surface area contributed by atoms with E-state index >= 15 is 0 Å². The molecule has 2 aromatic rings. The molecule has 0 amide bonds. The Morgan fingerprint density at radius 3 is 2.38 bits per heavy atom. The Bertz CT molecular complexity index is 553. The van der Waals surface area contributed by atoms with Crippen molar-refractivity contribution in [1.82, 2.24) is 0 Å². The van der Waals surface area contributed by atoms with Gasteiger partial charge in [0.2, 0.25) is 0 Å². The van der Waals surface area contributed by atoms with Crippen LogP contribution in [-0.2, 0) is 6.42 Å². The second-order valence-electron chi connectivity index (χ2n) is 3.54. The minimum Gasteiger partial charge on any atom is -0.502 e. The Morgan fingerprint density at radius 1 is 1.06 bits per heavy atom. The molecule has 0 aliphatic carbocycles. The predicted molar refractivity (Wildman–Crippen MR) is 61.7 cm³/mol. The van der Waals surface area contributed by atoms with Crippen molar-refractivity contribution in [2.24, 2.45) is 0 Å². The van der Waals surface area contributed by atoms with E-state index in [0.29, 0.717) is 6.54 Å². The van der Waals surface area contributed by atoms with E-state index in [1.807, 2.05) is 30.3 Å². The zero-order chi connectivity index (χ0) is 11.5. The van der Waals surface area contributed by atoms with Crippen LogP contribution >= 0.6 is 0 Å². The summed E-state index contributed by atoms with van der Waals surface area (Å²) in [7, 11) is 0. The molecule has 4 heteroatoms. The zero-order valence-corrected chi connectivity index (χ0v) is 8.56. The van der Waals surface area contributed by atoms with E-state index in [9.17, 15) is 9.59 Å². The maximum absolute atomic E-state index is 11.0. The van der Waals surface area contributed by atoms with Crippen LogP contribution in [0.5, 0.6) is 5.75 Å². The van der Waals surface area contributed by atoms with Gasteiger partial charge in [0.25, 0.3) is 10.9 Å². The topological polar surface area (TPSA) is 66.4 Å². The Labute approximate surface area is 91.9 Å². The second kappa shape index (κ2) is 4.18. The number of anilines is 1. The maximum atomic E-state index is 11.0. The highest BCUT2D eigenvalue weighted by molar-refractivity contribution is 5.60. The fraction of sp³-hybridized carbons (Fsp3) is 0.167. The SMILES string of the molecule is O=c1c(O)c(NCCc2ccccc2)c1=O. The molecule has 0 aliphatic rings. The molecule has 82 valence electrons. The summed E-state index contributed by atoms with van der Waals surface area (Å²) < 4.78 is 0. The van der Waals surface area contributed by atoms with Gasteiger partial charge in [-0.1, -0.05) is 30.3 Å². The van der Waals surface area contributed by atoms with Gasteiger partial charge in [0, 0.05) is 6.54 Å². The van der Waals surface area contributed by atoms with Gasteiger partial charge in [-0.05, 0) is 12.0 Å². The van der Waals surface area contributed by atoms with Crippen LogP contribution < -0.4 is 16.2 Å². The fourth-order valence-electron chi connectivity index (χ4n) is 1.52. The number of rotatable bonds is 4. The summed E-state index contributed by atoms with van der Waals surface area (Å²) in [6, 6.07) is 9.75. The first kappa shape index (κ1) is 10.4. The molecule has 0 saturated heterocycles. The van der Waals surface area contributed by atoms with E-state index in [0.717, 1.165) is 12.0 Å². The lowest BCUT2D eigenvalue weighted by molar-refractivity contribution is 0.465. The number of aromatic hydroxyl groups is 1. The third-order valence-corrected chi connectivity index (χ3v) is 2.44. The number of hydrogen-bond acceptors (Lipinski definition) is 4. The molecule has 0 bridgehead atoms. The predicted octanol–water partition coefficient (Wildman–Crippen LogP) is 0.643. The smallest absolute Gasteiger partial charge is 0.271 e. The molecule has 2 aromatic carbocycles. The Kier molecular flexibility index (Phi) is 2.72. The third-order valence-electron chi connectivity index (χ3n) is 2.44. The van der Waals surface area contributed by atoms with E-state index in [2.05, 4.69) is 5.32 Å². The molecule has 0 spiro atoms. The first-order valence-electron chi connectivity index (χ1n) is 5.00. The zero-order valence-electron chi connectivity index (χ0n) is 8.56. The molecular formula is C12H11NO3. The molecule has 0 unspecified atom stereocenters. The van der Waals surface area contributed by atoms with Gasteiger partial charge in [0.1, 0.15) is 5.69 Å². The van der Waals surface area contributed by atoms with Crippen LogP contribution in [-0.4, -0.2) is 11.7 Å². The van der Waals surface area contributed by atoms with Gasteiger partial charge in [-0.15, -0.1) is 0 Å².